The first-order valence-electron chi connectivity index (χ1n) is 5.61. The minimum atomic E-state index is -0.575. The lowest BCUT2D eigenvalue weighted by Gasteiger charge is -2.05. The molecule has 106 valence electrons. The number of non-ortho nitro benzene ring substituents is 1. The van der Waals surface area contributed by atoms with Crippen molar-refractivity contribution in [2.45, 2.75) is 0 Å². The van der Waals surface area contributed by atoms with Crippen LogP contribution in [0.1, 0.15) is 15.9 Å². The Kier molecular flexibility index (Phi) is 4.18. The van der Waals surface area contributed by atoms with Crippen LogP contribution in [-0.4, -0.2) is 20.6 Å². The van der Waals surface area contributed by atoms with Crippen LogP contribution in [0.2, 0.25) is 0 Å². The molecule has 0 spiro atoms. The van der Waals surface area contributed by atoms with Gasteiger partial charge in [-0.25, -0.2) is 0 Å². The van der Waals surface area contributed by atoms with Gasteiger partial charge in [-0.15, -0.1) is 0 Å². The lowest BCUT2D eigenvalue weighted by atomic mass is 10.2. The Hall–Kier alpha value is -2.48. The zero-order valence-electron chi connectivity index (χ0n) is 10.7. The van der Waals surface area contributed by atoms with Gasteiger partial charge in [-0.3, -0.25) is 19.6 Å². The molecule has 2 aromatic rings. The normalized spacial score (nSPS) is 9.95. The Bertz CT molecular complexity index is 778. The number of hydrogen-bond donors (Lipinski definition) is 1. The minimum absolute atomic E-state index is 0.118. The number of halogens is 1. The fourth-order valence-electron chi connectivity index (χ4n) is 1.64. The maximum Gasteiger partial charge on any atom is 0.270 e. The van der Waals surface area contributed by atoms with E-state index >= 15 is 0 Å². The third-order valence-corrected chi connectivity index (χ3v) is 3.53. The zero-order valence-corrected chi connectivity index (χ0v) is 12.9. The number of nitro groups is 1. The number of nitrogens with one attached hydrogen (secondary N) is 1. The molecule has 1 amide bonds. The lowest BCUT2D eigenvalue weighted by molar-refractivity contribution is -0.384. The van der Waals surface area contributed by atoms with Crippen molar-refractivity contribution in [1.29, 1.82) is 5.26 Å². The van der Waals surface area contributed by atoms with E-state index in [0.29, 0.717) is 3.57 Å². The standard InChI is InChI=1S/C12H8IN5O3/c1-17-6-7(5-14)11(16-17)15-12(19)9-4-8(18(20)21)2-3-10(9)13/h2-4,6H,1H3,(H,15,16,19). The third kappa shape index (κ3) is 3.16. The van der Waals surface area contributed by atoms with Crippen LogP contribution in [0.3, 0.4) is 0 Å². The van der Waals surface area contributed by atoms with Crippen molar-refractivity contribution >= 4 is 40.0 Å². The van der Waals surface area contributed by atoms with Gasteiger partial charge in [0.15, 0.2) is 5.82 Å². The van der Waals surface area contributed by atoms with E-state index < -0.39 is 10.8 Å². The predicted octanol–water partition coefficient (Wildman–Crippen LogP) is 2.06. The maximum absolute atomic E-state index is 12.2. The summed E-state index contributed by atoms with van der Waals surface area (Å²) in [5.74, 6) is -0.439. The lowest BCUT2D eigenvalue weighted by Crippen LogP contribution is -2.15. The second-order valence-electron chi connectivity index (χ2n) is 4.05. The number of aryl methyl sites for hydroxylation is 1. The number of anilines is 1. The highest BCUT2D eigenvalue weighted by molar-refractivity contribution is 14.1. The van der Waals surface area contributed by atoms with Gasteiger partial charge in [-0.2, -0.15) is 10.4 Å². The van der Waals surface area contributed by atoms with Crippen molar-refractivity contribution in [3.05, 3.63) is 49.2 Å². The predicted molar refractivity (Wildman–Crippen MR) is 81.7 cm³/mol. The van der Waals surface area contributed by atoms with Crippen LogP contribution in [0.5, 0.6) is 0 Å². The molecule has 0 radical (unpaired) electrons. The van der Waals surface area contributed by atoms with Gasteiger partial charge in [0.2, 0.25) is 0 Å². The van der Waals surface area contributed by atoms with Crippen LogP contribution in [0.25, 0.3) is 0 Å². The molecule has 2 rings (SSSR count). The van der Waals surface area contributed by atoms with E-state index in [1.165, 1.54) is 29.1 Å². The molecule has 21 heavy (non-hydrogen) atoms. The fourth-order valence-corrected chi connectivity index (χ4v) is 2.22. The average molecular weight is 397 g/mol. The molecule has 8 nitrogen and oxygen atoms in total. The molecule has 1 N–H and O–H groups in total. The molecule has 0 aliphatic heterocycles. The van der Waals surface area contributed by atoms with Crippen molar-refractivity contribution in [2.24, 2.45) is 7.05 Å². The molecule has 0 saturated carbocycles. The number of nitrogens with zero attached hydrogens (tertiary/aromatic N) is 4. The van der Waals surface area contributed by atoms with Gasteiger partial charge in [0.05, 0.1) is 10.5 Å². The summed E-state index contributed by atoms with van der Waals surface area (Å²) in [6.45, 7) is 0. The van der Waals surface area contributed by atoms with Gasteiger partial charge < -0.3 is 5.32 Å². The number of carbonyl (C=O) groups is 1. The van der Waals surface area contributed by atoms with E-state index in [1.54, 1.807) is 7.05 Å². The quantitative estimate of drug-likeness (QED) is 0.484. The van der Waals surface area contributed by atoms with Gasteiger partial charge in [0, 0.05) is 28.9 Å². The molecule has 0 aliphatic carbocycles. The molecule has 9 heteroatoms. The first-order valence-corrected chi connectivity index (χ1v) is 6.69. The van der Waals surface area contributed by atoms with Crippen molar-refractivity contribution in [1.82, 2.24) is 9.78 Å². The van der Waals surface area contributed by atoms with Crippen LogP contribution in [0, 0.1) is 25.0 Å². The Balaban J connectivity index is 2.34. The van der Waals surface area contributed by atoms with Crippen LogP contribution < -0.4 is 5.32 Å². The van der Waals surface area contributed by atoms with Gasteiger partial charge in [0.25, 0.3) is 11.6 Å². The molecule has 1 aromatic carbocycles. The summed E-state index contributed by atoms with van der Waals surface area (Å²) in [7, 11) is 1.62. The molecule has 0 saturated heterocycles. The zero-order chi connectivity index (χ0) is 15.6. The summed E-state index contributed by atoms with van der Waals surface area (Å²) in [6.07, 6.45) is 1.47. The van der Waals surface area contributed by atoms with Gasteiger partial charge in [-0.1, -0.05) is 0 Å². The summed E-state index contributed by atoms with van der Waals surface area (Å²) < 4.78 is 1.96. The van der Waals surface area contributed by atoms with Crippen LogP contribution in [0.4, 0.5) is 11.5 Å². The first kappa shape index (κ1) is 14.9. The summed E-state index contributed by atoms with van der Waals surface area (Å²) in [6, 6.07) is 5.90. The SMILES string of the molecule is Cn1cc(C#N)c(NC(=O)c2cc([N+](=O)[O-])ccc2I)n1. The molecule has 0 fully saturated rings. The Morgan fingerprint density at radius 1 is 1.57 bits per heavy atom. The van der Waals surface area contributed by atoms with E-state index in [1.807, 2.05) is 28.7 Å². The molecule has 0 unspecified atom stereocenters. The fraction of sp³-hybridized carbons (Fsp3) is 0.0833. The molecule has 1 aromatic heterocycles. The van der Waals surface area contributed by atoms with Crippen molar-refractivity contribution in [2.75, 3.05) is 5.32 Å². The number of rotatable bonds is 3. The summed E-state index contributed by atoms with van der Waals surface area (Å²) in [5.41, 5.74) is 0.188. The largest absolute Gasteiger partial charge is 0.304 e. The van der Waals surface area contributed by atoms with Crippen molar-refractivity contribution in [3.8, 4) is 6.07 Å². The van der Waals surface area contributed by atoms with Gasteiger partial charge >= 0.3 is 0 Å². The molecule has 1 heterocycles. The van der Waals surface area contributed by atoms with Crippen LogP contribution >= 0.6 is 22.6 Å². The van der Waals surface area contributed by atoms with E-state index in [2.05, 4.69) is 10.4 Å². The van der Waals surface area contributed by atoms with Gasteiger partial charge in [0.1, 0.15) is 11.6 Å². The van der Waals surface area contributed by atoms with Crippen molar-refractivity contribution in [3.63, 3.8) is 0 Å². The Morgan fingerprint density at radius 2 is 2.29 bits per heavy atom. The average Bonchev–Trinajstić information content (AvgIpc) is 2.78. The van der Waals surface area contributed by atoms with E-state index in [9.17, 15) is 14.9 Å². The molecular formula is C12H8IN5O3. The summed E-state index contributed by atoms with van der Waals surface area (Å²) in [4.78, 5) is 22.4. The number of aromatic nitrogens is 2. The van der Waals surface area contributed by atoms with Gasteiger partial charge in [-0.05, 0) is 28.7 Å². The highest BCUT2D eigenvalue weighted by Gasteiger charge is 2.18. The topological polar surface area (TPSA) is 114 Å². The van der Waals surface area contributed by atoms with E-state index in [-0.39, 0.29) is 22.6 Å². The number of benzene rings is 1. The Labute approximate surface area is 132 Å². The Morgan fingerprint density at radius 3 is 2.90 bits per heavy atom. The second-order valence-corrected chi connectivity index (χ2v) is 5.21. The minimum Gasteiger partial charge on any atom is -0.304 e. The number of carbonyl (C=O) groups excluding carboxylic acids is 1. The van der Waals surface area contributed by atoms with Crippen molar-refractivity contribution < 1.29 is 9.72 Å². The molecule has 0 atom stereocenters. The number of hydrogen-bond acceptors (Lipinski definition) is 5. The maximum atomic E-state index is 12.2. The number of nitriles is 1. The molecule has 0 bridgehead atoms. The highest BCUT2D eigenvalue weighted by atomic mass is 127. The summed E-state index contributed by atoms with van der Waals surface area (Å²) in [5, 5.41) is 26.1. The second kappa shape index (κ2) is 5.88. The van der Waals surface area contributed by atoms with E-state index in [4.69, 9.17) is 5.26 Å². The highest BCUT2D eigenvalue weighted by Crippen LogP contribution is 2.21. The molecule has 0 aliphatic rings. The van der Waals surface area contributed by atoms with Crippen LogP contribution in [0.15, 0.2) is 24.4 Å². The number of nitro benzene ring substituents is 1. The van der Waals surface area contributed by atoms with E-state index in [0.717, 1.165) is 0 Å². The monoisotopic (exact) mass is 397 g/mol. The summed E-state index contributed by atoms with van der Waals surface area (Å²) >= 11 is 1.91. The molecular weight excluding hydrogens is 389 g/mol. The van der Waals surface area contributed by atoms with Crippen LogP contribution in [-0.2, 0) is 7.05 Å². The smallest absolute Gasteiger partial charge is 0.270 e. The first-order chi connectivity index (χ1) is 9.92. The third-order valence-electron chi connectivity index (χ3n) is 2.59. The number of amides is 1.